The summed E-state index contributed by atoms with van der Waals surface area (Å²) >= 11 is 0. The third-order valence-corrected chi connectivity index (χ3v) is 4.87. The molecule has 6 heteroatoms. The molecule has 4 rings (SSSR count). The Balaban J connectivity index is 1.97. The minimum atomic E-state index is -0.824. The first-order valence-corrected chi connectivity index (χ1v) is 8.27. The highest BCUT2D eigenvalue weighted by Gasteiger charge is 2.44. The molecule has 1 aliphatic carbocycles. The first kappa shape index (κ1) is 16.8. The van der Waals surface area contributed by atoms with Gasteiger partial charge < -0.3 is 25.5 Å². The Bertz CT molecular complexity index is 1030. The zero-order valence-electron chi connectivity index (χ0n) is 14.0. The van der Waals surface area contributed by atoms with Crippen LogP contribution in [-0.4, -0.2) is 31.3 Å². The summed E-state index contributed by atoms with van der Waals surface area (Å²) < 4.78 is 0. The molecule has 27 heavy (non-hydrogen) atoms. The Kier molecular flexibility index (Phi) is 3.70. The molecular formula is C21H16O6. The number of carbonyl (C=O) groups excluding carboxylic acids is 1. The Hall–Kier alpha value is -3.67. The first-order valence-electron chi connectivity index (χ1n) is 8.27. The summed E-state index contributed by atoms with van der Waals surface area (Å²) in [5.74, 6) is -2.56. The second kappa shape index (κ2) is 5.95. The maximum absolute atomic E-state index is 13.1. The number of aromatic hydroxyl groups is 5. The first-order chi connectivity index (χ1) is 12.8. The van der Waals surface area contributed by atoms with E-state index in [0.717, 1.165) is 6.07 Å². The molecule has 3 aromatic rings. The molecule has 2 unspecified atom stereocenters. The monoisotopic (exact) mass is 364 g/mol. The molecule has 0 spiro atoms. The lowest BCUT2D eigenvalue weighted by Gasteiger charge is -2.21. The average molecular weight is 364 g/mol. The fourth-order valence-corrected chi connectivity index (χ4v) is 3.82. The van der Waals surface area contributed by atoms with Crippen LogP contribution >= 0.6 is 0 Å². The summed E-state index contributed by atoms with van der Waals surface area (Å²) in [4.78, 5) is 13.1. The molecular weight excluding hydrogens is 348 g/mol. The van der Waals surface area contributed by atoms with Crippen LogP contribution in [0.1, 0.15) is 38.9 Å². The van der Waals surface area contributed by atoms with Gasteiger partial charge in [-0.15, -0.1) is 0 Å². The minimum Gasteiger partial charge on any atom is -0.508 e. The average Bonchev–Trinajstić information content (AvgIpc) is 2.88. The predicted octanol–water partition coefficient (Wildman–Crippen LogP) is 3.33. The van der Waals surface area contributed by atoms with Gasteiger partial charge in [0.15, 0.2) is 5.78 Å². The molecule has 0 fully saturated rings. The fraction of sp³-hybridized carbons (Fsp3) is 0.0952. The number of fused-ring (bicyclic) bond motifs is 1. The fourth-order valence-electron chi connectivity index (χ4n) is 3.82. The van der Waals surface area contributed by atoms with Crippen molar-refractivity contribution in [3.63, 3.8) is 0 Å². The summed E-state index contributed by atoms with van der Waals surface area (Å²) in [6.45, 7) is 0. The molecule has 0 aliphatic heterocycles. The normalized spacial score (nSPS) is 18.4. The molecule has 3 aromatic carbocycles. The molecule has 0 saturated carbocycles. The van der Waals surface area contributed by atoms with Gasteiger partial charge in [0.05, 0.1) is 5.92 Å². The van der Waals surface area contributed by atoms with Gasteiger partial charge in [-0.05, 0) is 41.5 Å². The molecule has 0 amide bonds. The molecule has 6 nitrogen and oxygen atoms in total. The van der Waals surface area contributed by atoms with Gasteiger partial charge >= 0.3 is 0 Å². The van der Waals surface area contributed by atoms with Crippen LogP contribution in [0.3, 0.4) is 0 Å². The highest BCUT2D eigenvalue weighted by Crippen LogP contribution is 2.52. The van der Waals surface area contributed by atoms with E-state index in [2.05, 4.69) is 0 Å². The maximum Gasteiger partial charge on any atom is 0.171 e. The summed E-state index contributed by atoms with van der Waals surface area (Å²) in [6, 6.07) is 12.6. The predicted molar refractivity (Wildman–Crippen MR) is 96.6 cm³/mol. The molecule has 0 heterocycles. The molecule has 1 aliphatic rings. The number of hydrogen-bond donors (Lipinski definition) is 5. The number of hydrogen-bond acceptors (Lipinski definition) is 6. The van der Waals surface area contributed by atoms with E-state index in [1.165, 1.54) is 36.4 Å². The lowest BCUT2D eigenvalue weighted by Crippen LogP contribution is -2.13. The number of phenolic OH excluding ortho intramolecular Hbond substituents is 5. The molecule has 0 radical (unpaired) electrons. The van der Waals surface area contributed by atoms with Gasteiger partial charge in [0.1, 0.15) is 28.7 Å². The lowest BCUT2D eigenvalue weighted by molar-refractivity contribution is 0.0968. The second-order valence-electron chi connectivity index (χ2n) is 6.62. The number of phenols is 5. The van der Waals surface area contributed by atoms with Crippen molar-refractivity contribution in [1.29, 1.82) is 0 Å². The minimum absolute atomic E-state index is 0.0600. The third-order valence-electron chi connectivity index (χ3n) is 4.87. The second-order valence-corrected chi connectivity index (χ2v) is 6.62. The van der Waals surface area contributed by atoms with E-state index in [-0.39, 0.29) is 40.1 Å². The van der Waals surface area contributed by atoms with Crippen LogP contribution in [0.25, 0.3) is 0 Å². The summed E-state index contributed by atoms with van der Waals surface area (Å²) in [6.07, 6.45) is 0. The van der Waals surface area contributed by atoms with Gasteiger partial charge in [-0.2, -0.15) is 0 Å². The number of benzene rings is 3. The van der Waals surface area contributed by atoms with Crippen molar-refractivity contribution in [3.05, 3.63) is 76.9 Å². The van der Waals surface area contributed by atoms with Crippen LogP contribution in [-0.2, 0) is 0 Å². The Morgan fingerprint density at radius 2 is 1.19 bits per heavy atom. The largest absolute Gasteiger partial charge is 0.508 e. The van der Waals surface area contributed by atoms with Crippen LogP contribution in [0.2, 0.25) is 0 Å². The zero-order chi connectivity index (χ0) is 19.3. The Morgan fingerprint density at radius 1 is 0.593 bits per heavy atom. The highest BCUT2D eigenvalue weighted by atomic mass is 16.3. The van der Waals surface area contributed by atoms with Gasteiger partial charge in [0.2, 0.25) is 0 Å². The number of ketones is 1. The molecule has 0 bridgehead atoms. The van der Waals surface area contributed by atoms with Crippen LogP contribution in [0, 0.1) is 0 Å². The van der Waals surface area contributed by atoms with E-state index >= 15 is 0 Å². The molecule has 0 saturated heterocycles. The van der Waals surface area contributed by atoms with Crippen molar-refractivity contribution in [2.24, 2.45) is 0 Å². The smallest absolute Gasteiger partial charge is 0.171 e. The van der Waals surface area contributed by atoms with E-state index in [1.807, 2.05) is 0 Å². The van der Waals surface area contributed by atoms with Gasteiger partial charge in [0.25, 0.3) is 0 Å². The van der Waals surface area contributed by atoms with Crippen LogP contribution in [0.5, 0.6) is 28.7 Å². The molecule has 0 aromatic heterocycles. The third kappa shape index (κ3) is 2.71. The molecule has 136 valence electrons. The Labute approximate surface area is 154 Å². The quantitative estimate of drug-likeness (QED) is 0.476. The van der Waals surface area contributed by atoms with Gasteiger partial charge in [0, 0.05) is 29.2 Å². The van der Waals surface area contributed by atoms with Crippen LogP contribution in [0.15, 0.2) is 54.6 Å². The summed E-state index contributed by atoms with van der Waals surface area (Å²) in [5.41, 5.74) is 1.58. The van der Waals surface area contributed by atoms with Crippen molar-refractivity contribution in [1.82, 2.24) is 0 Å². The van der Waals surface area contributed by atoms with Crippen molar-refractivity contribution in [2.75, 3.05) is 0 Å². The van der Waals surface area contributed by atoms with E-state index < -0.39 is 11.8 Å². The van der Waals surface area contributed by atoms with Crippen LogP contribution in [0.4, 0.5) is 0 Å². The Morgan fingerprint density at radius 3 is 1.81 bits per heavy atom. The zero-order valence-corrected chi connectivity index (χ0v) is 14.0. The number of carbonyl (C=O) groups is 1. The lowest BCUT2D eigenvalue weighted by atomic mass is 9.81. The maximum atomic E-state index is 13.1. The van der Waals surface area contributed by atoms with E-state index in [9.17, 15) is 30.3 Å². The van der Waals surface area contributed by atoms with Gasteiger partial charge in [-0.25, -0.2) is 0 Å². The topological polar surface area (TPSA) is 118 Å². The molecule has 2 atom stereocenters. The van der Waals surface area contributed by atoms with E-state index in [4.69, 9.17) is 0 Å². The van der Waals surface area contributed by atoms with Crippen molar-refractivity contribution < 1.29 is 30.3 Å². The summed E-state index contributed by atoms with van der Waals surface area (Å²) in [7, 11) is 0. The van der Waals surface area contributed by atoms with E-state index in [0.29, 0.717) is 16.7 Å². The van der Waals surface area contributed by atoms with Gasteiger partial charge in [-0.1, -0.05) is 12.1 Å². The highest BCUT2D eigenvalue weighted by molar-refractivity contribution is 6.08. The SMILES string of the molecule is O=C1c2cc(O)cc(O)c2C(c2ccc(O)cc2)C1c1cc(O)cc(O)c1. The van der Waals surface area contributed by atoms with E-state index in [1.54, 1.807) is 12.1 Å². The van der Waals surface area contributed by atoms with Crippen LogP contribution < -0.4 is 0 Å². The van der Waals surface area contributed by atoms with Crippen molar-refractivity contribution in [3.8, 4) is 28.7 Å². The number of rotatable bonds is 2. The standard InChI is InChI=1S/C21H16O6/c22-12-3-1-10(2-4-12)18-19(11-5-13(23)7-14(24)6-11)21(27)16-8-15(25)9-17(26)20(16)18/h1-9,18-19,22-26H. The molecule has 5 N–H and O–H groups in total. The van der Waals surface area contributed by atoms with Gasteiger partial charge in [-0.3, -0.25) is 4.79 Å². The number of Topliss-reactive ketones (excluding diaryl/α,β-unsaturated/α-hetero) is 1. The van der Waals surface area contributed by atoms with Crippen molar-refractivity contribution in [2.45, 2.75) is 11.8 Å². The van der Waals surface area contributed by atoms with Crippen molar-refractivity contribution >= 4 is 5.78 Å². The summed E-state index contributed by atoms with van der Waals surface area (Å²) in [5, 5.41) is 49.5.